The Labute approximate surface area is 159 Å². The first-order valence-electron chi connectivity index (χ1n) is 8.07. The van der Waals surface area contributed by atoms with Gasteiger partial charge in [0.05, 0.1) is 11.6 Å². The molecular formula is C20H16FNO4S. The van der Waals surface area contributed by atoms with Crippen LogP contribution in [0.1, 0.15) is 26.8 Å². The van der Waals surface area contributed by atoms with E-state index < -0.39 is 24.5 Å². The highest BCUT2D eigenvalue weighted by atomic mass is 32.1. The number of thiophene rings is 1. The number of amides is 1. The minimum Gasteiger partial charge on any atom is -0.508 e. The number of ether oxygens (including phenoxy) is 1. The van der Waals surface area contributed by atoms with E-state index in [1.165, 1.54) is 47.7 Å². The Kier molecular flexibility index (Phi) is 5.83. The molecule has 5 nitrogen and oxygen atoms in total. The zero-order valence-corrected chi connectivity index (χ0v) is 14.9. The summed E-state index contributed by atoms with van der Waals surface area (Å²) in [7, 11) is 0. The number of nitrogens with one attached hydrogen (secondary N) is 1. The van der Waals surface area contributed by atoms with Gasteiger partial charge in [0.1, 0.15) is 11.6 Å². The molecule has 2 N–H and O–H groups in total. The summed E-state index contributed by atoms with van der Waals surface area (Å²) in [4.78, 5) is 25.1. The Morgan fingerprint density at radius 1 is 1.07 bits per heavy atom. The lowest BCUT2D eigenvalue weighted by Crippen LogP contribution is -2.32. The fourth-order valence-electron chi connectivity index (χ4n) is 2.44. The molecule has 3 aromatic rings. The Bertz CT molecular complexity index is 908. The standard InChI is InChI=1S/C20H16FNO4S/c21-15-7-3-13(4-8-15)19(17-2-1-11-27-17)22-18(24)12-26-20(25)14-5-9-16(23)10-6-14/h1-11,19,23H,12H2,(H,22,24)/t19-/m1/s1. The van der Waals surface area contributed by atoms with Gasteiger partial charge in [-0.05, 0) is 53.4 Å². The van der Waals surface area contributed by atoms with E-state index in [-0.39, 0.29) is 17.1 Å². The van der Waals surface area contributed by atoms with Gasteiger partial charge in [-0.2, -0.15) is 0 Å². The predicted molar refractivity (Wildman–Crippen MR) is 99.1 cm³/mol. The molecule has 0 aliphatic rings. The van der Waals surface area contributed by atoms with Crippen molar-refractivity contribution in [2.45, 2.75) is 6.04 Å². The lowest BCUT2D eigenvalue weighted by atomic mass is 10.1. The average molecular weight is 385 g/mol. The van der Waals surface area contributed by atoms with Crippen molar-refractivity contribution in [3.8, 4) is 5.75 Å². The summed E-state index contributed by atoms with van der Waals surface area (Å²) in [5, 5.41) is 13.9. The molecule has 0 unspecified atom stereocenters. The molecule has 1 atom stereocenters. The number of rotatable bonds is 6. The van der Waals surface area contributed by atoms with Gasteiger partial charge >= 0.3 is 5.97 Å². The Hall–Kier alpha value is -3.19. The van der Waals surface area contributed by atoms with Gasteiger partial charge in [-0.25, -0.2) is 9.18 Å². The number of phenols is 1. The van der Waals surface area contributed by atoms with Crippen molar-refractivity contribution in [2.24, 2.45) is 0 Å². The maximum Gasteiger partial charge on any atom is 0.338 e. The largest absolute Gasteiger partial charge is 0.508 e. The SMILES string of the molecule is O=C(COC(=O)c1ccc(O)cc1)N[C@H](c1ccc(F)cc1)c1cccs1. The quantitative estimate of drug-likeness (QED) is 0.635. The van der Waals surface area contributed by atoms with E-state index in [0.29, 0.717) is 0 Å². The molecule has 0 spiro atoms. The summed E-state index contributed by atoms with van der Waals surface area (Å²) < 4.78 is 18.2. The van der Waals surface area contributed by atoms with E-state index in [9.17, 15) is 19.1 Å². The second-order valence-corrected chi connectivity index (χ2v) is 6.67. The molecule has 2 aromatic carbocycles. The highest BCUT2D eigenvalue weighted by molar-refractivity contribution is 7.10. The summed E-state index contributed by atoms with van der Waals surface area (Å²) in [5.74, 6) is -1.48. The van der Waals surface area contributed by atoms with Gasteiger partial charge in [-0.1, -0.05) is 18.2 Å². The molecule has 0 aliphatic heterocycles. The van der Waals surface area contributed by atoms with Crippen LogP contribution in [0.15, 0.2) is 66.0 Å². The first-order chi connectivity index (χ1) is 13.0. The zero-order valence-electron chi connectivity index (χ0n) is 14.1. The number of hydrogen-bond donors (Lipinski definition) is 2. The van der Waals surface area contributed by atoms with Gasteiger partial charge in [0.15, 0.2) is 6.61 Å². The van der Waals surface area contributed by atoms with Crippen LogP contribution >= 0.6 is 11.3 Å². The number of carbonyl (C=O) groups excluding carboxylic acids is 2. The highest BCUT2D eigenvalue weighted by Crippen LogP contribution is 2.26. The van der Waals surface area contributed by atoms with Crippen LogP contribution in [0, 0.1) is 5.82 Å². The number of halogens is 1. The third kappa shape index (κ3) is 4.92. The van der Waals surface area contributed by atoms with Crippen molar-refractivity contribution in [1.29, 1.82) is 0 Å². The molecule has 1 aromatic heterocycles. The van der Waals surface area contributed by atoms with Crippen molar-refractivity contribution >= 4 is 23.2 Å². The second-order valence-electron chi connectivity index (χ2n) is 5.69. The van der Waals surface area contributed by atoms with Crippen LogP contribution in [0.4, 0.5) is 4.39 Å². The summed E-state index contributed by atoms with van der Waals surface area (Å²) in [6, 6.07) is 14.6. The lowest BCUT2D eigenvalue weighted by molar-refractivity contribution is -0.124. The molecule has 0 saturated carbocycles. The van der Waals surface area contributed by atoms with E-state index in [1.807, 2.05) is 17.5 Å². The second kappa shape index (κ2) is 8.46. The lowest BCUT2D eigenvalue weighted by Gasteiger charge is -2.18. The molecule has 0 saturated heterocycles. The number of hydrogen-bond acceptors (Lipinski definition) is 5. The number of carbonyl (C=O) groups is 2. The topological polar surface area (TPSA) is 75.6 Å². The summed E-state index contributed by atoms with van der Waals surface area (Å²) in [6.45, 7) is -0.456. The Morgan fingerprint density at radius 3 is 2.41 bits per heavy atom. The molecule has 1 heterocycles. The molecule has 27 heavy (non-hydrogen) atoms. The van der Waals surface area contributed by atoms with Crippen molar-refractivity contribution < 1.29 is 23.8 Å². The van der Waals surface area contributed by atoms with Gasteiger partial charge in [0.25, 0.3) is 5.91 Å². The van der Waals surface area contributed by atoms with Gasteiger partial charge in [0, 0.05) is 4.88 Å². The highest BCUT2D eigenvalue weighted by Gasteiger charge is 2.19. The number of aromatic hydroxyl groups is 1. The summed E-state index contributed by atoms with van der Waals surface area (Å²) in [6.07, 6.45) is 0. The first kappa shape index (κ1) is 18.6. The normalized spacial score (nSPS) is 11.6. The number of esters is 1. The molecule has 0 fully saturated rings. The van der Waals surface area contributed by atoms with Crippen LogP contribution in [-0.2, 0) is 9.53 Å². The average Bonchev–Trinajstić information content (AvgIpc) is 3.20. The van der Waals surface area contributed by atoms with Crippen LogP contribution in [0.3, 0.4) is 0 Å². The maximum atomic E-state index is 13.2. The first-order valence-corrected chi connectivity index (χ1v) is 8.95. The molecule has 0 radical (unpaired) electrons. The number of benzene rings is 2. The predicted octanol–water partition coefficient (Wildman–Crippen LogP) is 3.66. The van der Waals surface area contributed by atoms with Crippen LogP contribution < -0.4 is 5.32 Å². The van der Waals surface area contributed by atoms with E-state index in [2.05, 4.69) is 5.32 Å². The third-order valence-corrected chi connectivity index (χ3v) is 4.71. The summed E-state index contributed by atoms with van der Waals surface area (Å²) >= 11 is 1.45. The van der Waals surface area contributed by atoms with Gasteiger partial charge in [-0.3, -0.25) is 4.79 Å². The third-order valence-electron chi connectivity index (χ3n) is 3.77. The monoisotopic (exact) mass is 385 g/mol. The summed E-state index contributed by atoms with van der Waals surface area (Å²) in [5.41, 5.74) is 0.950. The number of phenolic OH excluding ortho intramolecular Hbond substituents is 1. The van der Waals surface area contributed by atoms with Crippen molar-refractivity contribution in [2.75, 3.05) is 6.61 Å². The van der Waals surface area contributed by atoms with E-state index in [4.69, 9.17) is 4.74 Å². The van der Waals surface area contributed by atoms with Crippen LogP contribution in [0.2, 0.25) is 0 Å². The van der Waals surface area contributed by atoms with Crippen LogP contribution in [0.5, 0.6) is 5.75 Å². The van der Waals surface area contributed by atoms with Gasteiger partial charge < -0.3 is 15.2 Å². The fourth-order valence-corrected chi connectivity index (χ4v) is 3.25. The molecule has 0 aliphatic carbocycles. The van der Waals surface area contributed by atoms with Crippen molar-refractivity contribution in [3.05, 3.63) is 87.9 Å². The molecular weight excluding hydrogens is 369 g/mol. The fraction of sp³-hybridized carbons (Fsp3) is 0.100. The minimum atomic E-state index is -0.667. The van der Waals surface area contributed by atoms with Crippen LogP contribution in [0.25, 0.3) is 0 Å². The van der Waals surface area contributed by atoms with Crippen LogP contribution in [-0.4, -0.2) is 23.6 Å². The Balaban J connectivity index is 1.65. The van der Waals surface area contributed by atoms with Gasteiger partial charge in [-0.15, -0.1) is 11.3 Å². The van der Waals surface area contributed by atoms with E-state index >= 15 is 0 Å². The van der Waals surface area contributed by atoms with E-state index in [1.54, 1.807) is 12.1 Å². The minimum absolute atomic E-state index is 0.0300. The molecule has 138 valence electrons. The maximum absolute atomic E-state index is 13.2. The smallest absolute Gasteiger partial charge is 0.338 e. The van der Waals surface area contributed by atoms with Gasteiger partial charge in [0.2, 0.25) is 0 Å². The van der Waals surface area contributed by atoms with Crippen molar-refractivity contribution in [1.82, 2.24) is 5.32 Å². The molecule has 1 amide bonds. The molecule has 3 rings (SSSR count). The zero-order chi connectivity index (χ0) is 19.2. The molecule has 7 heteroatoms. The van der Waals surface area contributed by atoms with E-state index in [0.717, 1.165) is 10.4 Å². The molecule has 0 bridgehead atoms. The Morgan fingerprint density at radius 2 is 1.78 bits per heavy atom. The van der Waals surface area contributed by atoms with Crippen molar-refractivity contribution in [3.63, 3.8) is 0 Å².